The average Bonchev–Trinajstić information content (AvgIpc) is 3.07. The topological polar surface area (TPSA) is 94.0 Å². The Bertz CT molecular complexity index is 674. The number of rotatable bonds is 3. The smallest absolute Gasteiger partial charge is 0.292 e. The molecule has 1 heterocycles. The lowest BCUT2D eigenvalue weighted by Gasteiger charge is -2.06. The molecule has 0 aliphatic heterocycles. The van der Waals surface area contributed by atoms with Gasteiger partial charge < -0.3 is 15.6 Å². The molecule has 1 aliphatic rings. The summed E-state index contributed by atoms with van der Waals surface area (Å²) in [6, 6.07) is 3.93. The number of aryl methyl sites for hydroxylation is 1. The number of nitrogens with one attached hydrogen (secondary N) is 1. The van der Waals surface area contributed by atoms with Crippen LogP contribution in [0, 0.1) is 13.8 Å². The first kappa shape index (κ1) is 12.7. The monoisotopic (exact) mass is 272 g/mol. The SMILES string of the molecule is Cc1cc(N)cc(-c2nc(C(=O)NC3CC3)no2)c1C. The maximum absolute atomic E-state index is 11.8. The van der Waals surface area contributed by atoms with Crippen molar-refractivity contribution >= 4 is 11.6 Å². The highest BCUT2D eigenvalue weighted by Gasteiger charge is 2.26. The summed E-state index contributed by atoms with van der Waals surface area (Å²) in [5.74, 6) is 0.0889. The van der Waals surface area contributed by atoms with Crippen molar-refractivity contribution in [2.75, 3.05) is 5.73 Å². The number of carbonyl (C=O) groups excluding carboxylic acids is 1. The summed E-state index contributed by atoms with van der Waals surface area (Å²) in [5.41, 5.74) is 9.29. The second kappa shape index (κ2) is 4.63. The lowest BCUT2D eigenvalue weighted by atomic mass is 10.0. The maximum Gasteiger partial charge on any atom is 0.292 e. The molecule has 104 valence electrons. The molecule has 0 radical (unpaired) electrons. The molecule has 1 aliphatic carbocycles. The van der Waals surface area contributed by atoms with E-state index >= 15 is 0 Å². The number of hydrogen-bond acceptors (Lipinski definition) is 5. The van der Waals surface area contributed by atoms with Gasteiger partial charge in [0.15, 0.2) is 0 Å². The molecule has 0 saturated heterocycles. The van der Waals surface area contributed by atoms with Crippen LogP contribution in [-0.2, 0) is 0 Å². The predicted octanol–water partition coefficient (Wildman–Crippen LogP) is 1.83. The molecular formula is C14H16N4O2. The van der Waals surface area contributed by atoms with E-state index in [-0.39, 0.29) is 17.8 Å². The van der Waals surface area contributed by atoms with Crippen LogP contribution >= 0.6 is 0 Å². The molecule has 3 N–H and O–H groups in total. The Morgan fingerprint density at radius 1 is 1.40 bits per heavy atom. The minimum absolute atomic E-state index is 0.0615. The van der Waals surface area contributed by atoms with Gasteiger partial charge in [-0.1, -0.05) is 5.16 Å². The summed E-state index contributed by atoms with van der Waals surface area (Å²) < 4.78 is 5.19. The van der Waals surface area contributed by atoms with Gasteiger partial charge in [0, 0.05) is 17.3 Å². The normalized spacial score (nSPS) is 14.3. The average molecular weight is 272 g/mol. The van der Waals surface area contributed by atoms with Crippen LogP contribution in [0.1, 0.15) is 34.6 Å². The van der Waals surface area contributed by atoms with Crippen molar-refractivity contribution in [2.24, 2.45) is 0 Å². The minimum Gasteiger partial charge on any atom is -0.399 e. The molecule has 6 nitrogen and oxygen atoms in total. The molecule has 2 aromatic rings. The minimum atomic E-state index is -0.291. The van der Waals surface area contributed by atoms with Gasteiger partial charge in [-0.3, -0.25) is 4.79 Å². The van der Waals surface area contributed by atoms with Gasteiger partial charge in [-0.2, -0.15) is 4.98 Å². The zero-order chi connectivity index (χ0) is 14.3. The number of nitrogens with zero attached hydrogens (tertiary/aromatic N) is 2. The largest absolute Gasteiger partial charge is 0.399 e. The van der Waals surface area contributed by atoms with E-state index in [0.717, 1.165) is 29.5 Å². The molecule has 0 unspecified atom stereocenters. The number of nitrogens with two attached hydrogens (primary N) is 1. The van der Waals surface area contributed by atoms with Crippen LogP contribution in [-0.4, -0.2) is 22.1 Å². The molecule has 0 bridgehead atoms. The van der Waals surface area contributed by atoms with Crippen molar-refractivity contribution in [3.05, 3.63) is 29.1 Å². The summed E-state index contributed by atoms with van der Waals surface area (Å²) >= 11 is 0. The zero-order valence-corrected chi connectivity index (χ0v) is 11.4. The van der Waals surface area contributed by atoms with Crippen LogP contribution in [0.4, 0.5) is 5.69 Å². The molecule has 1 amide bonds. The summed E-state index contributed by atoms with van der Waals surface area (Å²) in [5, 5.41) is 6.56. The summed E-state index contributed by atoms with van der Waals surface area (Å²) in [7, 11) is 0. The number of benzene rings is 1. The van der Waals surface area contributed by atoms with Gasteiger partial charge in [-0.15, -0.1) is 0 Å². The lowest BCUT2D eigenvalue weighted by molar-refractivity contribution is 0.0937. The van der Waals surface area contributed by atoms with Gasteiger partial charge in [0.1, 0.15) is 0 Å². The molecule has 1 aromatic heterocycles. The second-order valence-corrected chi connectivity index (χ2v) is 5.18. The van der Waals surface area contributed by atoms with Gasteiger partial charge >= 0.3 is 0 Å². The number of anilines is 1. The Hall–Kier alpha value is -2.37. The summed E-state index contributed by atoms with van der Waals surface area (Å²) in [4.78, 5) is 16.0. The Balaban J connectivity index is 1.91. The first-order valence-corrected chi connectivity index (χ1v) is 6.56. The van der Waals surface area contributed by atoms with Crippen molar-refractivity contribution < 1.29 is 9.32 Å². The first-order valence-electron chi connectivity index (χ1n) is 6.56. The molecule has 20 heavy (non-hydrogen) atoms. The second-order valence-electron chi connectivity index (χ2n) is 5.18. The molecule has 0 atom stereocenters. The van der Waals surface area contributed by atoms with Crippen LogP contribution in [0.3, 0.4) is 0 Å². The van der Waals surface area contributed by atoms with E-state index in [2.05, 4.69) is 15.5 Å². The zero-order valence-electron chi connectivity index (χ0n) is 11.4. The molecule has 1 fully saturated rings. The van der Waals surface area contributed by atoms with E-state index in [1.165, 1.54) is 0 Å². The van der Waals surface area contributed by atoms with Gasteiger partial charge in [0.05, 0.1) is 0 Å². The first-order chi connectivity index (χ1) is 9.54. The third kappa shape index (κ3) is 2.36. The van der Waals surface area contributed by atoms with Crippen LogP contribution < -0.4 is 11.1 Å². The van der Waals surface area contributed by atoms with E-state index in [1.54, 1.807) is 6.07 Å². The number of hydrogen-bond donors (Lipinski definition) is 2. The van der Waals surface area contributed by atoms with Crippen LogP contribution in [0.15, 0.2) is 16.7 Å². The van der Waals surface area contributed by atoms with Gasteiger partial charge in [-0.05, 0) is 49.9 Å². The highest BCUT2D eigenvalue weighted by atomic mass is 16.5. The fourth-order valence-electron chi connectivity index (χ4n) is 2.01. The number of nitrogen functional groups attached to an aromatic ring is 1. The quantitative estimate of drug-likeness (QED) is 0.831. The van der Waals surface area contributed by atoms with E-state index in [1.807, 2.05) is 19.9 Å². The van der Waals surface area contributed by atoms with Crippen LogP contribution in [0.2, 0.25) is 0 Å². The van der Waals surface area contributed by atoms with Gasteiger partial charge in [0.2, 0.25) is 0 Å². The fourth-order valence-corrected chi connectivity index (χ4v) is 2.01. The molecule has 1 aromatic carbocycles. The summed E-state index contributed by atoms with van der Waals surface area (Å²) in [6.45, 7) is 3.92. The molecular weight excluding hydrogens is 256 g/mol. The van der Waals surface area contributed by atoms with E-state index in [0.29, 0.717) is 11.6 Å². The Kier molecular flexibility index (Phi) is 2.93. The number of carbonyl (C=O) groups is 1. The number of amides is 1. The third-order valence-corrected chi connectivity index (χ3v) is 3.46. The maximum atomic E-state index is 11.8. The third-order valence-electron chi connectivity index (χ3n) is 3.46. The highest BCUT2D eigenvalue weighted by Crippen LogP contribution is 2.27. The van der Waals surface area contributed by atoms with Crippen molar-refractivity contribution in [3.8, 4) is 11.5 Å². The van der Waals surface area contributed by atoms with Crippen molar-refractivity contribution in [1.82, 2.24) is 15.5 Å². The van der Waals surface area contributed by atoms with Gasteiger partial charge in [-0.25, -0.2) is 0 Å². The summed E-state index contributed by atoms with van der Waals surface area (Å²) in [6.07, 6.45) is 2.04. The van der Waals surface area contributed by atoms with Crippen molar-refractivity contribution in [3.63, 3.8) is 0 Å². The van der Waals surface area contributed by atoms with E-state index in [4.69, 9.17) is 10.3 Å². The lowest BCUT2D eigenvalue weighted by Crippen LogP contribution is -2.26. The van der Waals surface area contributed by atoms with Crippen LogP contribution in [0.25, 0.3) is 11.5 Å². The van der Waals surface area contributed by atoms with Crippen molar-refractivity contribution in [2.45, 2.75) is 32.7 Å². The van der Waals surface area contributed by atoms with Crippen LogP contribution in [0.5, 0.6) is 0 Å². The Labute approximate surface area is 116 Å². The van der Waals surface area contributed by atoms with Gasteiger partial charge in [0.25, 0.3) is 17.6 Å². The highest BCUT2D eigenvalue weighted by molar-refractivity contribution is 5.91. The number of aromatic nitrogens is 2. The predicted molar refractivity (Wildman–Crippen MR) is 74.1 cm³/mol. The molecule has 3 rings (SSSR count). The molecule has 1 saturated carbocycles. The van der Waals surface area contributed by atoms with E-state index < -0.39 is 0 Å². The fraction of sp³-hybridized carbons (Fsp3) is 0.357. The Morgan fingerprint density at radius 2 is 2.15 bits per heavy atom. The Morgan fingerprint density at radius 3 is 2.85 bits per heavy atom. The molecule has 0 spiro atoms. The van der Waals surface area contributed by atoms with Crippen molar-refractivity contribution in [1.29, 1.82) is 0 Å². The standard InChI is InChI=1S/C14H16N4O2/c1-7-5-9(15)6-11(8(7)2)14-17-12(18-20-14)13(19)16-10-3-4-10/h5-6,10H,3-4,15H2,1-2H3,(H,16,19). The van der Waals surface area contributed by atoms with E-state index in [9.17, 15) is 4.79 Å². The molecule has 6 heteroatoms.